The molecule has 6 nitrogen and oxygen atoms in total. The predicted octanol–water partition coefficient (Wildman–Crippen LogP) is 1.84. The lowest BCUT2D eigenvalue weighted by Gasteiger charge is -2.17. The van der Waals surface area contributed by atoms with Crippen LogP contribution < -0.4 is 4.72 Å². The maximum atomic E-state index is 12.3. The second-order valence-electron chi connectivity index (χ2n) is 5.51. The van der Waals surface area contributed by atoms with E-state index in [2.05, 4.69) is 9.82 Å². The Balaban J connectivity index is 1.71. The number of ether oxygens (including phenoxy) is 1. The van der Waals surface area contributed by atoms with E-state index in [1.807, 2.05) is 43.6 Å². The predicted molar refractivity (Wildman–Crippen MR) is 87.8 cm³/mol. The number of aromatic nitrogens is 2. The summed E-state index contributed by atoms with van der Waals surface area (Å²) in [5.41, 5.74) is 1.72. The molecule has 1 aliphatic rings. The van der Waals surface area contributed by atoms with E-state index in [-0.39, 0.29) is 12.1 Å². The van der Waals surface area contributed by atoms with Crippen molar-refractivity contribution in [1.82, 2.24) is 14.5 Å². The first-order chi connectivity index (χ1) is 11.0. The average molecular weight is 333 g/mol. The van der Waals surface area contributed by atoms with Crippen molar-refractivity contribution in [2.75, 3.05) is 6.61 Å². The number of nitrogens with one attached hydrogen (secondary N) is 1. The topological polar surface area (TPSA) is 73.2 Å². The molecule has 1 aromatic heterocycles. The molecule has 0 saturated carbocycles. The second kappa shape index (κ2) is 6.66. The minimum Gasteiger partial charge on any atom is -0.372 e. The van der Waals surface area contributed by atoms with Crippen molar-refractivity contribution in [2.24, 2.45) is 7.05 Å². The summed E-state index contributed by atoms with van der Waals surface area (Å²) in [5.74, 6) is 0. The highest BCUT2D eigenvalue weighted by molar-refractivity contribution is 7.92. The van der Waals surface area contributed by atoms with Gasteiger partial charge in [0.25, 0.3) is 0 Å². The van der Waals surface area contributed by atoms with Gasteiger partial charge in [0, 0.05) is 30.8 Å². The number of rotatable bonds is 5. The van der Waals surface area contributed by atoms with Gasteiger partial charge in [-0.3, -0.25) is 4.68 Å². The molecule has 1 saturated heterocycles. The zero-order chi connectivity index (χ0) is 16.3. The lowest BCUT2D eigenvalue weighted by Crippen LogP contribution is -2.35. The molecule has 0 amide bonds. The van der Waals surface area contributed by atoms with Crippen LogP contribution in [-0.2, 0) is 21.8 Å². The third-order valence-electron chi connectivity index (χ3n) is 3.70. The van der Waals surface area contributed by atoms with Crippen molar-refractivity contribution in [3.63, 3.8) is 0 Å². The average Bonchev–Trinajstić information content (AvgIpc) is 3.15. The van der Waals surface area contributed by atoms with E-state index in [0.29, 0.717) is 13.0 Å². The van der Waals surface area contributed by atoms with Crippen molar-refractivity contribution in [3.05, 3.63) is 59.3 Å². The summed E-state index contributed by atoms with van der Waals surface area (Å²) in [6, 6.07) is 9.03. The van der Waals surface area contributed by atoms with E-state index in [4.69, 9.17) is 4.74 Å². The molecule has 2 heterocycles. The minimum absolute atomic E-state index is 0.287. The first-order valence-electron chi connectivity index (χ1n) is 7.39. The molecule has 1 aliphatic heterocycles. The van der Waals surface area contributed by atoms with E-state index in [1.165, 1.54) is 5.41 Å². The quantitative estimate of drug-likeness (QED) is 0.906. The Morgan fingerprint density at radius 2 is 2.13 bits per heavy atom. The third kappa shape index (κ3) is 4.07. The summed E-state index contributed by atoms with van der Waals surface area (Å²) in [5, 5.41) is 5.31. The molecule has 2 atom stereocenters. The lowest BCUT2D eigenvalue weighted by molar-refractivity contribution is 0.102. The Morgan fingerprint density at radius 1 is 1.35 bits per heavy atom. The summed E-state index contributed by atoms with van der Waals surface area (Å²) >= 11 is 0. The molecule has 0 radical (unpaired) electrons. The molecule has 0 unspecified atom stereocenters. The second-order valence-corrected chi connectivity index (χ2v) is 7.11. The highest BCUT2D eigenvalue weighted by Gasteiger charge is 2.32. The van der Waals surface area contributed by atoms with Gasteiger partial charge in [0.2, 0.25) is 10.0 Å². The van der Waals surface area contributed by atoms with Gasteiger partial charge >= 0.3 is 0 Å². The summed E-state index contributed by atoms with van der Waals surface area (Å²) < 4.78 is 34.6. The molecule has 0 bridgehead atoms. The van der Waals surface area contributed by atoms with E-state index in [0.717, 1.165) is 11.1 Å². The standard InChI is InChI=1S/C16H19N3O3S/c1-19-12-14(11-17-19)16-15(7-9-22-16)18-23(20,21)10-8-13-5-3-2-4-6-13/h2-6,8,10-12,15-16,18H,7,9H2,1H3/b10-8+/t15-,16+/m0/s1. The zero-order valence-electron chi connectivity index (χ0n) is 12.8. The fourth-order valence-electron chi connectivity index (χ4n) is 2.61. The third-order valence-corrected chi connectivity index (χ3v) is 4.83. The molecule has 0 spiro atoms. The number of hydrogen-bond acceptors (Lipinski definition) is 4. The van der Waals surface area contributed by atoms with Crippen LogP contribution >= 0.6 is 0 Å². The normalized spacial score (nSPS) is 22.0. The fourth-order valence-corrected chi connectivity index (χ4v) is 3.69. The van der Waals surface area contributed by atoms with Crippen LogP contribution in [-0.4, -0.2) is 30.8 Å². The van der Waals surface area contributed by atoms with Gasteiger partial charge in [0.1, 0.15) is 6.10 Å². The minimum atomic E-state index is -3.54. The van der Waals surface area contributed by atoms with Gasteiger partial charge in [-0.1, -0.05) is 30.3 Å². The fraction of sp³-hybridized carbons (Fsp3) is 0.312. The number of nitrogens with zero attached hydrogens (tertiary/aromatic N) is 2. The van der Waals surface area contributed by atoms with Crippen LogP contribution in [0.3, 0.4) is 0 Å². The van der Waals surface area contributed by atoms with Crippen molar-refractivity contribution < 1.29 is 13.2 Å². The number of hydrogen-bond donors (Lipinski definition) is 1. The number of sulfonamides is 1. The Morgan fingerprint density at radius 3 is 2.83 bits per heavy atom. The highest BCUT2D eigenvalue weighted by Crippen LogP contribution is 2.29. The smallest absolute Gasteiger partial charge is 0.234 e. The maximum Gasteiger partial charge on any atom is 0.234 e. The Bertz CT molecular complexity index is 784. The Kier molecular flexibility index (Phi) is 4.61. The Hall–Kier alpha value is -1.96. The maximum absolute atomic E-state index is 12.3. The highest BCUT2D eigenvalue weighted by atomic mass is 32.2. The van der Waals surface area contributed by atoms with Crippen molar-refractivity contribution >= 4 is 16.1 Å². The molecule has 23 heavy (non-hydrogen) atoms. The van der Waals surface area contributed by atoms with Gasteiger partial charge in [-0.2, -0.15) is 5.10 Å². The molecule has 1 aromatic carbocycles. The molecule has 2 aromatic rings. The van der Waals surface area contributed by atoms with Crippen molar-refractivity contribution in [2.45, 2.75) is 18.6 Å². The van der Waals surface area contributed by atoms with Gasteiger partial charge in [0.05, 0.1) is 12.2 Å². The van der Waals surface area contributed by atoms with Gasteiger partial charge in [-0.25, -0.2) is 13.1 Å². The van der Waals surface area contributed by atoms with Gasteiger partial charge in [-0.15, -0.1) is 0 Å². The van der Waals surface area contributed by atoms with Crippen LogP contribution in [0, 0.1) is 0 Å². The largest absolute Gasteiger partial charge is 0.372 e. The molecule has 3 rings (SSSR count). The summed E-state index contributed by atoms with van der Waals surface area (Å²) in [6.07, 6.45) is 5.47. The molecule has 0 aliphatic carbocycles. The first kappa shape index (κ1) is 15.9. The van der Waals surface area contributed by atoms with E-state index >= 15 is 0 Å². The van der Waals surface area contributed by atoms with Gasteiger partial charge in [0.15, 0.2) is 0 Å². The van der Waals surface area contributed by atoms with Crippen molar-refractivity contribution in [3.8, 4) is 0 Å². The molecule has 7 heteroatoms. The van der Waals surface area contributed by atoms with Gasteiger partial charge in [-0.05, 0) is 18.1 Å². The molecule has 122 valence electrons. The summed E-state index contributed by atoms with van der Waals surface area (Å²) in [7, 11) is -1.72. The van der Waals surface area contributed by atoms with Gasteiger partial charge < -0.3 is 4.74 Å². The SMILES string of the molecule is Cn1cc([C@H]2OCC[C@@H]2NS(=O)(=O)/C=C/c2ccccc2)cn1. The summed E-state index contributed by atoms with van der Waals surface area (Å²) in [4.78, 5) is 0. The van der Waals surface area contributed by atoms with E-state index in [9.17, 15) is 8.42 Å². The number of aryl methyl sites for hydroxylation is 1. The first-order valence-corrected chi connectivity index (χ1v) is 8.94. The van der Waals surface area contributed by atoms with Crippen LogP contribution in [0.1, 0.15) is 23.7 Å². The van der Waals surface area contributed by atoms with Crippen LogP contribution in [0.25, 0.3) is 6.08 Å². The summed E-state index contributed by atoms with van der Waals surface area (Å²) in [6.45, 7) is 0.523. The zero-order valence-corrected chi connectivity index (χ0v) is 13.6. The molecular weight excluding hydrogens is 314 g/mol. The number of benzene rings is 1. The molecule has 1 N–H and O–H groups in total. The van der Waals surface area contributed by atoms with Crippen LogP contribution in [0.2, 0.25) is 0 Å². The monoisotopic (exact) mass is 333 g/mol. The van der Waals surface area contributed by atoms with Crippen molar-refractivity contribution in [1.29, 1.82) is 0 Å². The van der Waals surface area contributed by atoms with Crippen LogP contribution in [0.4, 0.5) is 0 Å². The molecule has 1 fully saturated rings. The van der Waals surface area contributed by atoms with Crippen LogP contribution in [0.5, 0.6) is 0 Å². The van der Waals surface area contributed by atoms with E-state index in [1.54, 1.807) is 17.0 Å². The van der Waals surface area contributed by atoms with E-state index < -0.39 is 10.0 Å². The van der Waals surface area contributed by atoms with Crippen LogP contribution in [0.15, 0.2) is 48.1 Å². The Labute approximate surface area is 135 Å². The molecular formula is C16H19N3O3S. The lowest BCUT2D eigenvalue weighted by atomic mass is 10.1.